The van der Waals surface area contributed by atoms with Crippen LogP contribution in [0.4, 0.5) is 11.4 Å². The van der Waals surface area contributed by atoms with Crippen LogP contribution >= 0.6 is 0 Å². The number of quaternary nitrogens is 1. The molecule has 2 aromatic rings. The summed E-state index contributed by atoms with van der Waals surface area (Å²) in [7, 11) is 4.04. The standard InChI is InChI=1S/C23H30N4O2/c1-17-7-6-8-19(15-17)25-23(29)22(28)24-16-21(27-13-4-5-14-27)18-9-11-20(12-10-18)26(2)3/h6-12,15,21H,4-5,13-14,16H2,1-3H3,(H,24,28)(H,25,29)/p+1/t21-/m1/s1. The van der Waals surface area contributed by atoms with Crippen LogP contribution in [-0.4, -0.2) is 45.5 Å². The highest BCUT2D eigenvalue weighted by atomic mass is 16.2. The number of hydrogen-bond donors (Lipinski definition) is 3. The summed E-state index contributed by atoms with van der Waals surface area (Å²) >= 11 is 0. The Hall–Kier alpha value is -2.86. The largest absolute Gasteiger partial charge is 0.378 e. The molecule has 0 aromatic heterocycles. The van der Waals surface area contributed by atoms with E-state index in [-0.39, 0.29) is 6.04 Å². The molecule has 0 bridgehead atoms. The van der Waals surface area contributed by atoms with Crippen LogP contribution in [0.3, 0.4) is 0 Å². The summed E-state index contributed by atoms with van der Waals surface area (Å²) in [6.45, 7) is 4.56. The Labute approximate surface area is 172 Å². The van der Waals surface area contributed by atoms with Gasteiger partial charge in [0.05, 0.1) is 19.6 Å². The van der Waals surface area contributed by atoms with Gasteiger partial charge in [0.25, 0.3) is 0 Å². The minimum absolute atomic E-state index is 0.143. The van der Waals surface area contributed by atoms with Crippen molar-refractivity contribution in [1.29, 1.82) is 0 Å². The molecular formula is C23H31N4O2+. The van der Waals surface area contributed by atoms with Crippen molar-refractivity contribution in [2.45, 2.75) is 25.8 Å². The molecule has 3 N–H and O–H groups in total. The zero-order chi connectivity index (χ0) is 20.8. The molecule has 154 valence electrons. The molecule has 0 radical (unpaired) electrons. The quantitative estimate of drug-likeness (QED) is 0.650. The summed E-state index contributed by atoms with van der Waals surface area (Å²) < 4.78 is 0. The van der Waals surface area contributed by atoms with Gasteiger partial charge in [0.1, 0.15) is 6.04 Å². The van der Waals surface area contributed by atoms with Crippen molar-refractivity contribution in [2.24, 2.45) is 0 Å². The SMILES string of the molecule is Cc1cccc(NC(=O)C(=O)NC[C@H](c2ccc(N(C)C)cc2)[NH+]2CCCC2)c1. The molecule has 1 saturated heterocycles. The maximum atomic E-state index is 12.4. The molecule has 1 aliphatic rings. The fraction of sp³-hybridized carbons (Fsp3) is 0.391. The minimum Gasteiger partial charge on any atom is -0.378 e. The molecule has 1 aliphatic heterocycles. The van der Waals surface area contributed by atoms with Crippen LogP contribution in [0, 0.1) is 6.92 Å². The summed E-state index contributed by atoms with van der Waals surface area (Å²) in [5, 5.41) is 5.52. The van der Waals surface area contributed by atoms with Crippen molar-refractivity contribution >= 4 is 23.2 Å². The Morgan fingerprint density at radius 3 is 2.34 bits per heavy atom. The Morgan fingerprint density at radius 1 is 1.03 bits per heavy atom. The third-order valence-corrected chi connectivity index (χ3v) is 5.50. The van der Waals surface area contributed by atoms with Crippen molar-refractivity contribution in [1.82, 2.24) is 5.32 Å². The van der Waals surface area contributed by atoms with Gasteiger partial charge in [-0.3, -0.25) is 9.59 Å². The predicted molar refractivity (Wildman–Crippen MR) is 116 cm³/mol. The molecule has 1 fully saturated rings. The maximum absolute atomic E-state index is 12.4. The molecule has 6 nitrogen and oxygen atoms in total. The minimum atomic E-state index is -0.631. The Balaban J connectivity index is 1.64. The van der Waals surface area contributed by atoms with Crippen LogP contribution in [0.5, 0.6) is 0 Å². The van der Waals surface area contributed by atoms with Gasteiger partial charge in [-0.1, -0.05) is 24.3 Å². The van der Waals surface area contributed by atoms with E-state index in [4.69, 9.17) is 0 Å². The Morgan fingerprint density at radius 2 is 1.72 bits per heavy atom. The number of carbonyl (C=O) groups excluding carboxylic acids is 2. The lowest BCUT2D eigenvalue weighted by atomic mass is 10.0. The number of hydrogen-bond acceptors (Lipinski definition) is 3. The summed E-state index contributed by atoms with van der Waals surface area (Å²) in [6.07, 6.45) is 2.40. The normalized spacial score (nSPS) is 15.0. The second-order valence-electron chi connectivity index (χ2n) is 7.94. The van der Waals surface area contributed by atoms with Crippen molar-refractivity contribution in [3.63, 3.8) is 0 Å². The molecule has 0 spiro atoms. The van der Waals surface area contributed by atoms with E-state index in [1.165, 1.54) is 23.3 Å². The lowest BCUT2D eigenvalue weighted by Crippen LogP contribution is -3.11. The van der Waals surface area contributed by atoms with Crippen LogP contribution < -0.4 is 20.4 Å². The van der Waals surface area contributed by atoms with Gasteiger partial charge in [0, 0.05) is 43.9 Å². The van der Waals surface area contributed by atoms with Gasteiger partial charge in [-0.2, -0.15) is 0 Å². The Bertz CT molecular complexity index is 842. The second-order valence-corrected chi connectivity index (χ2v) is 7.94. The van der Waals surface area contributed by atoms with E-state index in [1.54, 1.807) is 6.07 Å². The summed E-state index contributed by atoms with van der Waals surface area (Å²) in [4.78, 5) is 28.2. The highest BCUT2D eigenvalue weighted by Crippen LogP contribution is 2.17. The zero-order valence-electron chi connectivity index (χ0n) is 17.5. The number of rotatable bonds is 6. The summed E-state index contributed by atoms with van der Waals surface area (Å²) in [6, 6.07) is 16.0. The van der Waals surface area contributed by atoms with E-state index in [1.807, 2.05) is 39.2 Å². The first-order valence-corrected chi connectivity index (χ1v) is 10.2. The molecule has 1 atom stereocenters. The van der Waals surface area contributed by atoms with Gasteiger partial charge in [0.15, 0.2) is 0 Å². The van der Waals surface area contributed by atoms with Crippen LogP contribution in [0.2, 0.25) is 0 Å². The van der Waals surface area contributed by atoms with Gasteiger partial charge in [-0.25, -0.2) is 0 Å². The predicted octanol–water partition coefficient (Wildman–Crippen LogP) is 1.54. The Kier molecular flexibility index (Phi) is 6.88. The summed E-state index contributed by atoms with van der Waals surface area (Å²) in [5.41, 5.74) is 3.99. The third-order valence-electron chi connectivity index (χ3n) is 5.50. The van der Waals surface area contributed by atoms with Crippen molar-refractivity contribution in [3.05, 3.63) is 59.7 Å². The maximum Gasteiger partial charge on any atom is 0.313 e. The van der Waals surface area contributed by atoms with Crippen molar-refractivity contribution in [3.8, 4) is 0 Å². The molecule has 0 saturated carbocycles. The van der Waals surface area contributed by atoms with Crippen LogP contribution in [-0.2, 0) is 9.59 Å². The van der Waals surface area contributed by atoms with Crippen LogP contribution in [0.15, 0.2) is 48.5 Å². The highest BCUT2D eigenvalue weighted by Gasteiger charge is 2.28. The zero-order valence-corrected chi connectivity index (χ0v) is 17.5. The van der Waals surface area contributed by atoms with Gasteiger partial charge in [0.2, 0.25) is 0 Å². The van der Waals surface area contributed by atoms with Gasteiger partial charge < -0.3 is 20.4 Å². The van der Waals surface area contributed by atoms with Gasteiger partial charge >= 0.3 is 11.8 Å². The van der Waals surface area contributed by atoms with E-state index < -0.39 is 11.8 Å². The number of nitrogens with zero attached hydrogens (tertiary/aromatic N) is 1. The monoisotopic (exact) mass is 395 g/mol. The number of aryl methyl sites for hydroxylation is 1. The first-order valence-electron chi connectivity index (χ1n) is 10.2. The lowest BCUT2D eigenvalue weighted by Gasteiger charge is -2.25. The smallest absolute Gasteiger partial charge is 0.313 e. The van der Waals surface area contributed by atoms with E-state index in [9.17, 15) is 9.59 Å². The molecular weight excluding hydrogens is 364 g/mol. The van der Waals surface area contributed by atoms with Crippen LogP contribution in [0.25, 0.3) is 0 Å². The molecule has 3 rings (SSSR count). The molecule has 2 aromatic carbocycles. The third kappa shape index (κ3) is 5.57. The fourth-order valence-corrected chi connectivity index (χ4v) is 3.87. The summed E-state index contributed by atoms with van der Waals surface area (Å²) in [5.74, 6) is -1.23. The second kappa shape index (κ2) is 9.56. The van der Waals surface area contributed by atoms with Crippen LogP contribution in [0.1, 0.15) is 30.0 Å². The number of nitrogens with one attached hydrogen (secondary N) is 3. The van der Waals surface area contributed by atoms with E-state index in [2.05, 4.69) is 39.8 Å². The molecule has 2 amide bonds. The van der Waals surface area contributed by atoms with Crippen molar-refractivity contribution < 1.29 is 14.5 Å². The topological polar surface area (TPSA) is 65.9 Å². The molecule has 0 aliphatic carbocycles. The molecule has 29 heavy (non-hydrogen) atoms. The van der Waals surface area contributed by atoms with Gasteiger partial charge in [-0.05, 0) is 36.8 Å². The van der Waals surface area contributed by atoms with E-state index >= 15 is 0 Å². The van der Waals surface area contributed by atoms with E-state index in [0.717, 1.165) is 24.3 Å². The average Bonchev–Trinajstić information content (AvgIpc) is 3.23. The highest BCUT2D eigenvalue weighted by molar-refractivity contribution is 6.39. The lowest BCUT2D eigenvalue weighted by molar-refractivity contribution is -0.918. The number of amides is 2. The number of carbonyl (C=O) groups is 2. The fourth-order valence-electron chi connectivity index (χ4n) is 3.87. The first-order chi connectivity index (χ1) is 13.9. The van der Waals surface area contributed by atoms with Crippen molar-refractivity contribution in [2.75, 3.05) is 43.9 Å². The van der Waals surface area contributed by atoms with Gasteiger partial charge in [-0.15, -0.1) is 0 Å². The number of anilines is 2. The molecule has 6 heteroatoms. The average molecular weight is 396 g/mol. The molecule has 1 heterocycles. The number of likely N-dealkylation sites (tertiary alicyclic amines) is 1. The van der Waals surface area contributed by atoms with E-state index in [0.29, 0.717) is 12.2 Å². The number of benzene rings is 2. The molecule has 0 unspecified atom stereocenters. The first kappa shape index (κ1) is 20.9.